The Hall–Kier alpha value is -0.950. The summed E-state index contributed by atoms with van der Waals surface area (Å²) in [7, 11) is 0. The third-order valence-electron chi connectivity index (χ3n) is 6.72. The highest BCUT2D eigenvalue weighted by Gasteiger charge is 2.34. The van der Waals surface area contributed by atoms with Gasteiger partial charge in [0.05, 0.1) is 6.10 Å². The van der Waals surface area contributed by atoms with Gasteiger partial charge >= 0.3 is 0 Å². The van der Waals surface area contributed by atoms with Crippen molar-refractivity contribution in [2.45, 2.75) is 50.7 Å². The molecule has 150 valence electrons. The van der Waals surface area contributed by atoms with Crippen molar-refractivity contribution in [2.75, 3.05) is 39.4 Å². The Balaban J connectivity index is 1.23. The monoisotopic (exact) mass is 392 g/mol. The molecule has 1 aromatic heterocycles. The number of hydrogen-bond acceptors (Lipinski definition) is 5. The standard InChI is InChI=1S/C21H32N2O3S/c24-20(19-2-1-15-27-19)16-3-11-23(12-4-16)21(25)17-5-9-22(10-6-17)18-7-13-26-14-8-18/h1-2,15-18,20,24H,3-14H2/t20-/m1/s1. The minimum Gasteiger partial charge on any atom is -0.387 e. The lowest BCUT2D eigenvalue weighted by molar-refractivity contribution is -0.139. The second-order valence-electron chi connectivity index (χ2n) is 8.28. The van der Waals surface area contributed by atoms with E-state index in [0.717, 1.165) is 82.8 Å². The normalized spacial score (nSPS) is 25.6. The fourth-order valence-electron chi connectivity index (χ4n) is 4.95. The number of hydrogen-bond donors (Lipinski definition) is 1. The number of carbonyl (C=O) groups is 1. The van der Waals surface area contributed by atoms with Crippen molar-refractivity contribution in [1.82, 2.24) is 9.80 Å². The summed E-state index contributed by atoms with van der Waals surface area (Å²) in [6, 6.07) is 4.66. The number of ether oxygens (including phenoxy) is 1. The molecule has 1 amide bonds. The molecule has 4 rings (SSSR count). The van der Waals surface area contributed by atoms with E-state index in [1.165, 1.54) is 0 Å². The Labute approximate surface area is 166 Å². The van der Waals surface area contributed by atoms with Crippen LogP contribution in [-0.2, 0) is 9.53 Å². The largest absolute Gasteiger partial charge is 0.387 e. The summed E-state index contributed by atoms with van der Waals surface area (Å²) in [4.78, 5) is 18.7. The van der Waals surface area contributed by atoms with E-state index in [-0.39, 0.29) is 17.9 Å². The van der Waals surface area contributed by atoms with Crippen molar-refractivity contribution in [3.8, 4) is 0 Å². The maximum Gasteiger partial charge on any atom is 0.225 e. The molecular formula is C21H32N2O3S. The molecular weight excluding hydrogens is 360 g/mol. The first kappa shape index (κ1) is 19.4. The van der Waals surface area contributed by atoms with Gasteiger partial charge in [0.2, 0.25) is 5.91 Å². The fourth-order valence-corrected chi connectivity index (χ4v) is 5.75. The van der Waals surface area contributed by atoms with Crippen LogP contribution in [0.1, 0.15) is 49.5 Å². The number of amides is 1. The molecule has 0 radical (unpaired) electrons. The first-order valence-corrected chi connectivity index (χ1v) is 11.4. The Morgan fingerprint density at radius 3 is 2.41 bits per heavy atom. The Kier molecular flexibility index (Phi) is 6.48. The van der Waals surface area contributed by atoms with E-state index >= 15 is 0 Å². The molecule has 5 nitrogen and oxygen atoms in total. The molecule has 3 saturated heterocycles. The quantitative estimate of drug-likeness (QED) is 0.856. The summed E-state index contributed by atoms with van der Waals surface area (Å²) in [6.45, 7) is 5.47. The second-order valence-corrected chi connectivity index (χ2v) is 9.26. The van der Waals surface area contributed by atoms with Gasteiger partial charge in [-0.05, 0) is 69.0 Å². The molecule has 1 aromatic rings. The predicted octanol–water partition coefficient (Wildman–Crippen LogP) is 2.91. The summed E-state index contributed by atoms with van der Waals surface area (Å²) < 4.78 is 5.47. The average Bonchev–Trinajstić information content (AvgIpc) is 3.28. The van der Waals surface area contributed by atoms with Crippen LogP contribution in [-0.4, -0.2) is 66.2 Å². The minimum atomic E-state index is -0.370. The highest BCUT2D eigenvalue weighted by atomic mass is 32.1. The van der Waals surface area contributed by atoms with Crippen molar-refractivity contribution in [1.29, 1.82) is 0 Å². The first-order valence-electron chi connectivity index (χ1n) is 10.5. The first-order chi connectivity index (χ1) is 13.2. The van der Waals surface area contributed by atoms with Crippen molar-refractivity contribution in [2.24, 2.45) is 11.8 Å². The smallest absolute Gasteiger partial charge is 0.225 e. The number of aliphatic hydroxyl groups excluding tert-OH is 1. The number of piperidine rings is 2. The summed E-state index contributed by atoms with van der Waals surface area (Å²) in [6.07, 6.45) is 5.71. The molecule has 27 heavy (non-hydrogen) atoms. The molecule has 6 heteroatoms. The summed E-state index contributed by atoms with van der Waals surface area (Å²) in [5.74, 6) is 0.827. The maximum absolute atomic E-state index is 13.0. The van der Waals surface area contributed by atoms with Crippen LogP contribution < -0.4 is 0 Å². The fraction of sp³-hybridized carbons (Fsp3) is 0.762. The third kappa shape index (κ3) is 4.56. The molecule has 1 atom stereocenters. The zero-order valence-corrected chi connectivity index (χ0v) is 16.9. The average molecular weight is 393 g/mol. The lowest BCUT2D eigenvalue weighted by Gasteiger charge is -2.41. The van der Waals surface area contributed by atoms with Gasteiger partial charge in [-0.3, -0.25) is 4.79 Å². The van der Waals surface area contributed by atoms with Crippen LogP contribution in [0.4, 0.5) is 0 Å². The van der Waals surface area contributed by atoms with Crippen LogP contribution in [0.2, 0.25) is 0 Å². The second kappa shape index (κ2) is 9.03. The zero-order valence-electron chi connectivity index (χ0n) is 16.1. The number of carbonyl (C=O) groups excluding carboxylic acids is 1. The number of aliphatic hydroxyl groups is 1. The maximum atomic E-state index is 13.0. The van der Waals surface area contributed by atoms with Gasteiger partial charge in [0.15, 0.2) is 0 Å². The highest BCUT2D eigenvalue weighted by Crippen LogP contribution is 2.34. The number of likely N-dealkylation sites (tertiary alicyclic amines) is 2. The molecule has 4 heterocycles. The van der Waals surface area contributed by atoms with Gasteiger partial charge in [0.1, 0.15) is 0 Å². The molecule has 0 aromatic carbocycles. The van der Waals surface area contributed by atoms with E-state index in [1.54, 1.807) is 11.3 Å². The van der Waals surface area contributed by atoms with E-state index in [4.69, 9.17) is 4.74 Å². The van der Waals surface area contributed by atoms with Crippen molar-refractivity contribution in [3.05, 3.63) is 22.4 Å². The van der Waals surface area contributed by atoms with E-state index in [2.05, 4.69) is 9.80 Å². The van der Waals surface area contributed by atoms with Gasteiger partial charge in [-0.25, -0.2) is 0 Å². The van der Waals surface area contributed by atoms with Gasteiger partial charge in [0, 0.05) is 43.1 Å². The number of thiophene rings is 1. The minimum absolute atomic E-state index is 0.194. The number of nitrogens with zero attached hydrogens (tertiary/aromatic N) is 2. The molecule has 0 spiro atoms. The van der Waals surface area contributed by atoms with Crippen LogP contribution in [0.3, 0.4) is 0 Å². The van der Waals surface area contributed by atoms with Crippen molar-refractivity contribution in [3.63, 3.8) is 0 Å². The van der Waals surface area contributed by atoms with Gasteiger partial charge in [0.25, 0.3) is 0 Å². The topological polar surface area (TPSA) is 53.0 Å². The Morgan fingerprint density at radius 2 is 1.78 bits per heavy atom. The molecule has 3 aliphatic rings. The van der Waals surface area contributed by atoms with Crippen LogP contribution in [0.25, 0.3) is 0 Å². The Bertz CT molecular complexity index is 587. The number of rotatable bonds is 4. The van der Waals surface area contributed by atoms with Gasteiger partial charge < -0.3 is 19.6 Å². The molecule has 0 unspecified atom stereocenters. The van der Waals surface area contributed by atoms with Crippen LogP contribution in [0.15, 0.2) is 17.5 Å². The van der Waals surface area contributed by atoms with E-state index < -0.39 is 0 Å². The van der Waals surface area contributed by atoms with Gasteiger partial charge in [-0.2, -0.15) is 0 Å². The van der Waals surface area contributed by atoms with Crippen molar-refractivity contribution < 1.29 is 14.6 Å². The summed E-state index contributed by atoms with van der Waals surface area (Å²) >= 11 is 1.62. The zero-order chi connectivity index (χ0) is 18.6. The van der Waals surface area contributed by atoms with E-state index in [1.807, 2.05) is 17.5 Å². The lowest BCUT2D eigenvalue weighted by atomic mass is 9.88. The Morgan fingerprint density at radius 1 is 1.07 bits per heavy atom. The molecule has 1 N–H and O–H groups in total. The van der Waals surface area contributed by atoms with Gasteiger partial charge in [-0.15, -0.1) is 11.3 Å². The molecule has 0 aliphatic carbocycles. The summed E-state index contributed by atoms with van der Waals surface area (Å²) in [5, 5.41) is 12.6. The SMILES string of the molecule is O=C(C1CCN(C2CCOCC2)CC1)N1CCC([C@@H](O)c2cccs2)CC1. The van der Waals surface area contributed by atoms with E-state index in [9.17, 15) is 9.90 Å². The summed E-state index contributed by atoms with van der Waals surface area (Å²) in [5.41, 5.74) is 0. The lowest BCUT2D eigenvalue weighted by Crippen LogP contribution is -2.48. The molecule has 3 aliphatic heterocycles. The van der Waals surface area contributed by atoms with Crippen molar-refractivity contribution >= 4 is 17.2 Å². The molecule has 0 saturated carbocycles. The van der Waals surface area contributed by atoms with Crippen LogP contribution in [0, 0.1) is 11.8 Å². The highest BCUT2D eigenvalue weighted by molar-refractivity contribution is 7.10. The molecule has 0 bridgehead atoms. The van der Waals surface area contributed by atoms with Gasteiger partial charge in [-0.1, -0.05) is 6.07 Å². The van der Waals surface area contributed by atoms with E-state index in [0.29, 0.717) is 11.9 Å². The molecule has 3 fully saturated rings. The third-order valence-corrected chi connectivity index (χ3v) is 7.66. The predicted molar refractivity (Wildman–Crippen MR) is 107 cm³/mol. The van der Waals surface area contributed by atoms with Crippen LogP contribution >= 0.6 is 11.3 Å². The van der Waals surface area contributed by atoms with Crippen LogP contribution in [0.5, 0.6) is 0 Å².